The summed E-state index contributed by atoms with van der Waals surface area (Å²) in [5.41, 5.74) is -0.184. The SMILES string of the molecule is CC(C)(CCO)CNS(=O)(=O)C1CCCCC1. The number of aliphatic hydroxyl groups is 1. The predicted molar refractivity (Wildman–Crippen MR) is 69.3 cm³/mol. The van der Waals surface area contributed by atoms with Gasteiger partial charge in [-0.2, -0.15) is 0 Å². The van der Waals surface area contributed by atoms with Crippen molar-refractivity contribution in [2.75, 3.05) is 13.2 Å². The van der Waals surface area contributed by atoms with Gasteiger partial charge in [0.05, 0.1) is 5.25 Å². The third-order valence-corrected chi connectivity index (χ3v) is 5.43. The fourth-order valence-electron chi connectivity index (χ4n) is 2.18. The van der Waals surface area contributed by atoms with Gasteiger partial charge in [-0.05, 0) is 24.7 Å². The lowest BCUT2D eigenvalue weighted by molar-refractivity contribution is 0.213. The summed E-state index contributed by atoms with van der Waals surface area (Å²) < 4.78 is 26.8. The summed E-state index contributed by atoms with van der Waals surface area (Å²) in [6, 6.07) is 0. The fraction of sp³-hybridized carbons (Fsp3) is 1.00. The fourth-order valence-corrected chi connectivity index (χ4v) is 3.96. The average Bonchev–Trinajstić information content (AvgIpc) is 2.28. The third kappa shape index (κ3) is 4.94. The van der Waals surface area contributed by atoms with E-state index in [4.69, 9.17) is 5.11 Å². The molecule has 2 N–H and O–H groups in total. The molecular formula is C12H25NO3S. The maximum absolute atomic E-state index is 12.1. The van der Waals surface area contributed by atoms with Crippen molar-refractivity contribution in [2.24, 2.45) is 5.41 Å². The van der Waals surface area contributed by atoms with Crippen molar-refractivity contribution in [3.05, 3.63) is 0 Å². The predicted octanol–water partition coefficient (Wildman–Crippen LogP) is 1.65. The standard InChI is InChI=1S/C12H25NO3S/c1-12(2,8-9-14)10-13-17(15,16)11-6-4-3-5-7-11/h11,13-14H,3-10H2,1-2H3. The second kappa shape index (κ2) is 6.16. The van der Waals surface area contributed by atoms with Crippen molar-refractivity contribution in [2.45, 2.75) is 57.6 Å². The lowest BCUT2D eigenvalue weighted by Gasteiger charge is -2.27. The van der Waals surface area contributed by atoms with Gasteiger partial charge < -0.3 is 5.11 Å². The topological polar surface area (TPSA) is 66.4 Å². The van der Waals surface area contributed by atoms with Crippen LogP contribution in [0.15, 0.2) is 0 Å². The Kier molecular flexibility index (Phi) is 5.41. The number of hydrogen-bond donors (Lipinski definition) is 2. The summed E-state index contributed by atoms with van der Waals surface area (Å²) in [5, 5.41) is 8.70. The molecule has 1 rings (SSSR count). The second-order valence-electron chi connectivity index (χ2n) is 5.76. The molecule has 0 aromatic rings. The van der Waals surface area contributed by atoms with Crippen LogP contribution in [0.4, 0.5) is 0 Å². The number of sulfonamides is 1. The van der Waals surface area contributed by atoms with Gasteiger partial charge in [0.15, 0.2) is 0 Å². The van der Waals surface area contributed by atoms with E-state index in [1.165, 1.54) is 0 Å². The highest BCUT2D eigenvalue weighted by Crippen LogP contribution is 2.24. The molecule has 102 valence electrons. The molecule has 1 aliphatic carbocycles. The second-order valence-corrected chi connectivity index (χ2v) is 7.81. The van der Waals surface area contributed by atoms with Gasteiger partial charge in [0.1, 0.15) is 0 Å². The highest BCUT2D eigenvalue weighted by atomic mass is 32.2. The lowest BCUT2D eigenvalue weighted by Crippen LogP contribution is -2.40. The summed E-state index contributed by atoms with van der Waals surface area (Å²) in [4.78, 5) is 0. The molecule has 4 nitrogen and oxygen atoms in total. The quantitative estimate of drug-likeness (QED) is 0.765. The van der Waals surface area contributed by atoms with E-state index < -0.39 is 10.0 Å². The van der Waals surface area contributed by atoms with Crippen molar-refractivity contribution in [3.8, 4) is 0 Å². The van der Waals surface area contributed by atoms with E-state index in [1.807, 2.05) is 13.8 Å². The monoisotopic (exact) mass is 263 g/mol. The molecule has 0 heterocycles. The van der Waals surface area contributed by atoms with Gasteiger partial charge in [-0.25, -0.2) is 13.1 Å². The molecular weight excluding hydrogens is 238 g/mol. The number of nitrogens with one attached hydrogen (secondary N) is 1. The first kappa shape index (κ1) is 14.9. The first-order chi connectivity index (χ1) is 7.87. The molecule has 0 aliphatic heterocycles. The van der Waals surface area contributed by atoms with Crippen LogP contribution in [-0.4, -0.2) is 31.9 Å². The largest absolute Gasteiger partial charge is 0.396 e. The van der Waals surface area contributed by atoms with Crippen LogP contribution < -0.4 is 4.72 Å². The van der Waals surface area contributed by atoms with E-state index in [1.54, 1.807) is 0 Å². The first-order valence-corrected chi connectivity index (χ1v) is 8.01. The van der Waals surface area contributed by atoms with Crippen LogP contribution in [0.3, 0.4) is 0 Å². The summed E-state index contributed by atoms with van der Waals surface area (Å²) in [7, 11) is -3.17. The van der Waals surface area contributed by atoms with Crippen LogP contribution in [0, 0.1) is 5.41 Å². The van der Waals surface area contributed by atoms with Gasteiger partial charge in [-0.1, -0.05) is 33.1 Å². The van der Waals surface area contributed by atoms with Gasteiger partial charge in [-0.3, -0.25) is 0 Å². The zero-order valence-electron chi connectivity index (χ0n) is 10.9. The normalized spacial score (nSPS) is 19.5. The van der Waals surface area contributed by atoms with E-state index in [9.17, 15) is 8.42 Å². The van der Waals surface area contributed by atoms with Crippen molar-refractivity contribution >= 4 is 10.0 Å². The summed E-state index contributed by atoms with van der Waals surface area (Å²) >= 11 is 0. The van der Waals surface area contributed by atoms with Gasteiger partial charge in [0.2, 0.25) is 10.0 Å². The molecule has 17 heavy (non-hydrogen) atoms. The van der Waals surface area contributed by atoms with Crippen LogP contribution in [0.1, 0.15) is 52.4 Å². The smallest absolute Gasteiger partial charge is 0.214 e. The number of aliphatic hydroxyl groups excluding tert-OH is 1. The Morgan fingerprint density at radius 2 is 1.82 bits per heavy atom. The Bertz CT molecular complexity index is 319. The molecule has 1 aliphatic rings. The van der Waals surface area contributed by atoms with Crippen LogP contribution in [0.5, 0.6) is 0 Å². The van der Waals surface area contributed by atoms with Crippen molar-refractivity contribution < 1.29 is 13.5 Å². The van der Waals surface area contributed by atoms with Gasteiger partial charge >= 0.3 is 0 Å². The molecule has 1 saturated carbocycles. The molecule has 5 heteroatoms. The molecule has 0 atom stereocenters. The zero-order chi connectivity index (χ0) is 12.9. The zero-order valence-corrected chi connectivity index (χ0v) is 11.7. The summed E-state index contributed by atoms with van der Waals surface area (Å²) in [6.07, 6.45) is 5.38. The van der Waals surface area contributed by atoms with Crippen LogP contribution in [0.2, 0.25) is 0 Å². The van der Waals surface area contributed by atoms with E-state index in [0.29, 0.717) is 13.0 Å². The summed E-state index contributed by atoms with van der Waals surface area (Å²) in [6.45, 7) is 4.43. The van der Waals surface area contributed by atoms with E-state index in [2.05, 4.69) is 4.72 Å². The van der Waals surface area contributed by atoms with Gasteiger partial charge in [0, 0.05) is 13.2 Å². The van der Waals surface area contributed by atoms with Crippen LogP contribution in [-0.2, 0) is 10.0 Å². The lowest BCUT2D eigenvalue weighted by atomic mass is 9.90. The molecule has 0 spiro atoms. The first-order valence-electron chi connectivity index (χ1n) is 6.47. The Morgan fingerprint density at radius 1 is 1.24 bits per heavy atom. The van der Waals surface area contributed by atoms with E-state index >= 15 is 0 Å². The Morgan fingerprint density at radius 3 is 2.35 bits per heavy atom. The van der Waals surface area contributed by atoms with Gasteiger partial charge in [0.25, 0.3) is 0 Å². The maximum Gasteiger partial charge on any atom is 0.214 e. The molecule has 0 amide bonds. The molecule has 0 radical (unpaired) electrons. The number of hydrogen-bond acceptors (Lipinski definition) is 3. The Balaban J connectivity index is 2.49. The third-order valence-electron chi connectivity index (χ3n) is 3.53. The van der Waals surface area contributed by atoms with Gasteiger partial charge in [-0.15, -0.1) is 0 Å². The maximum atomic E-state index is 12.1. The minimum Gasteiger partial charge on any atom is -0.396 e. The minimum atomic E-state index is -3.17. The summed E-state index contributed by atoms with van der Waals surface area (Å²) in [5.74, 6) is 0. The highest BCUT2D eigenvalue weighted by Gasteiger charge is 2.28. The average molecular weight is 263 g/mol. The van der Waals surface area contributed by atoms with Crippen molar-refractivity contribution in [3.63, 3.8) is 0 Å². The Hall–Kier alpha value is -0.130. The van der Waals surface area contributed by atoms with Crippen LogP contribution >= 0.6 is 0 Å². The van der Waals surface area contributed by atoms with Crippen LogP contribution in [0.25, 0.3) is 0 Å². The number of rotatable bonds is 6. The molecule has 0 unspecified atom stereocenters. The van der Waals surface area contributed by atoms with Crippen molar-refractivity contribution in [1.29, 1.82) is 0 Å². The van der Waals surface area contributed by atoms with Crippen molar-refractivity contribution in [1.82, 2.24) is 4.72 Å². The molecule has 0 saturated heterocycles. The molecule has 0 aromatic heterocycles. The Labute approximate surface area is 105 Å². The molecule has 0 bridgehead atoms. The molecule has 0 aromatic carbocycles. The highest BCUT2D eigenvalue weighted by molar-refractivity contribution is 7.90. The molecule has 1 fully saturated rings. The van der Waals surface area contributed by atoms with E-state index in [-0.39, 0.29) is 17.3 Å². The van der Waals surface area contributed by atoms with E-state index in [0.717, 1.165) is 32.1 Å². The minimum absolute atomic E-state index is 0.0954.